The Kier molecular flexibility index (Phi) is 5.71. The highest BCUT2D eigenvalue weighted by Gasteiger charge is 2.26. The first kappa shape index (κ1) is 18.8. The lowest BCUT2D eigenvalue weighted by Gasteiger charge is -2.18. The highest BCUT2D eigenvalue weighted by Crippen LogP contribution is 2.29. The summed E-state index contributed by atoms with van der Waals surface area (Å²) in [6.07, 6.45) is 0. The van der Waals surface area contributed by atoms with Crippen molar-refractivity contribution in [1.82, 2.24) is 4.98 Å². The van der Waals surface area contributed by atoms with Crippen LogP contribution in [0.15, 0.2) is 46.9 Å². The molecule has 2 heterocycles. The lowest BCUT2D eigenvalue weighted by Crippen LogP contribution is -2.30. The summed E-state index contributed by atoms with van der Waals surface area (Å²) in [6.45, 7) is 5.86. The van der Waals surface area contributed by atoms with Crippen LogP contribution in [0, 0.1) is 13.8 Å². The predicted molar refractivity (Wildman–Crippen MR) is 103 cm³/mol. The Morgan fingerprint density at radius 3 is 2.52 bits per heavy atom. The van der Waals surface area contributed by atoms with Gasteiger partial charge in [0, 0.05) is 0 Å². The van der Waals surface area contributed by atoms with Crippen LogP contribution in [0.1, 0.15) is 44.2 Å². The Balaban J connectivity index is 1.98. The lowest BCUT2D eigenvalue weighted by atomic mass is 10.2. The van der Waals surface area contributed by atoms with E-state index in [2.05, 4.69) is 4.98 Å². The number of aryl methyl sites for hydroxylation is 2. The van der Waals surface area contributed by atoms with Gasteiger partial charge in [-0.15, -0.1) is 0 Å². The molecule has 0 aliphatic carbocycles. The van der Waals surface area contributed by atoms with Crippen molar-refractivity contribution in [1.29, 1.82) is 0 Å². The average Bonchev–Trinajstić information content (AvgIpc) is 3.26. The first-order valence-corrected chi connectivity index (χ1v) is 9.38. The molecule has 0 fully saturated rings. The number of amides is 1. The Bertz CT molecular complexity index is 946. The SMILES string of the molecule is CCOC(=O)c1sc(N(Cc2ccccc2)C(=O)c2ccc(C)o2)nc1C. The number of furan rings is 1. The summed E-state index contributed by atoms with van der Waals surface area (Å²) in [5, 5.41) is 0.429. The van der Waals surface area contributed by atoms with Crippen molar-refractivity contribution in [3.63, 3.8) is 0 Å². The molecule has 7 heteroatoms. The van der Waals surface area contributed by atoms with E-state index in [1.165, 1.54) is 4.90 Å². The number of hydrogen-bond acceptors (Lipinski definition) is 6. The molecule has 140 valence electrons. The number of ether oxygens (including phenoxy) is 1. The van der Waals surface area contributed by atoms with Crippen molar-refractivity contribution < 1.29 is 18.7 Å². The summed E-state index contributed by atoms with van der Waals surface area (Å²) in [5.41, 5.74) is 1.48. The van der Waals surface area contributed by atoms with Crippen molar-refractivity contribution in [2.75, 3.05) is 11.5 Å². The number of carbonyl (C=O) groups excluding carboxylic acids is 2. The minimum Gasteiger partial charge on any atom is -0.462 e. The molecule has 27 heavy (non-hydrogen) atoms. The monoisotopic (exact) mass is 384 g/mol. The van der Waals surface area contributed by atoms with Crippen molar-refractivity contribution in [2.24, 2.45) is 0 Å². The van der Waals surface area contributed by atoms with E-state index in [9.17, 15) is 9.59 Å². The zero-order chi connectivity index (χ0) is 19.4. The average molecular weight is 384 g/mol. The number of thiazole rings is 1. The van der Waals surface area contributed by atoms with Gasteiger partial charge in [-0.1, -0.05) is 41.7 Å². The smallest absolute Gasteiger partial charge is 0.350 e. The van der Waals surface area contributed by atoms with E-state index >= 15 is 0 Å². The van der Waals surface area contributed by atoms with Crippen LogP contribution in [0.2, 0.25) is 0 Å². The van der Waals surface area contributed by atoms with Crippen molar-refractivity contribution in [2.45, 2.75) is 27.3 Å². The van der Waals surface area contributed by atoms with Gasteiger partial charge in [-0.3, -0.25) is 9.69 Å². The summed E-state index contributed by atoms with van der Waals surface area (Å²) in [7, 11) is 0. The van der Waals surface area contributed by atoms with Crippen LogP contribution < -0.4 is 4.90 Å². The summed E-state index contributed by atoms with van der Waals surface area (Å²) in [6, 6.07) is 13.0. The van der Waals surface area contributed by atoms with E-state index in [1.807, 2.05) is 30.3 Å². The van der Waals surface area contributed by atoms with Gasteiger partial charge < -0.3 is 9.15 Å². The molecule has 3 rings (SSSR count). The fraction of sp³-hybridized carbons (Fsp3) is 0.250. The number of rotatable bonds is 6. The fourth-order valence-corrected chi connectivity index (χ4v) is 3.52. The number of nitrogens with zero attached hydrogens (tertiary/aromatic N) is 2. The number of anilines is 1. The molecule has 0 unspecified atom stereocenters. The normalized spacial score (nSPS) is 10.6. The summed E-state index contributed by atoms with van der Waals surface area (Å²) >= 11 is 1.14. The zero-order valence-electron chi connectivity index (χ0n) is 15.4. The van der Waals surface area contributed by atoms with Gasteiger partial charge in [-0.25, -0.2) is 9.78 Å². The quantitative estimate of drug-likeness (QED) is 0.590. The molecule has 0 N–H and O–H groups in total. The van der Waals surface area contributed by atoms with Crippen LogP contribution in [-0.4, -0.2) is 23.5 Å². The van der Waals surface area contributed by atoms with Gasteiger partial charge in [0.05, 0.1) is 18.8 Å². The standard InChI is InChI=1S/C20H20N2O4S/c1-4-25-19(24)17-14(3)21-20(27-17)22(12-15-8-6-5-7-9-15)18(23)16-11-10-13(2)26-16/h5-11H,4,12H2,1-3H3. The summed E-state index contributed by atoms with van der Waals surface area (Å²) in [5.74, 6) is 0.144. The van der Waals surface area contributed by atoms with Crippen molar-refractivity contribution in [3.8, 4) is 0 Å². The van der Waals surface area contributed by atoms with Gasteiger partial charge in [0.15, 0.2) is 10.9 Å². The van der Waals surface area contributed by atoms with Crippen LogP contribution in [0.5, 0.6) is 0 Å². The Morgan fingerprint density at radius 1 is 1.15 bits per heavy atom. The van der Waals surface area contributed by atoms with Crippen LogP contribution in [0.25, 0.3) is 0 Å². The number of hydrogen-bond donors (Lipinski definition) is 0. The third kappa shape index (κ3) is 4.25. The maximum absolute atomic E-state index is 13.1. The topological polar surface area (TPSA) is 72.6 Å². The number of carbonyl (C=O) groups is 2. The zero-order valence-corrected chi connectivity index (χ0v) is 16.2. The Labute approximate surface area is 161 Å². The molecular weight excluding hydrogens is 364 g/mol. The van der Waals surface area contributed by atoms with Gasteiger partial charge in [0.25, 0.3) is 5.91 Å². The highest BCUT2D eigenvalue weighted by molar-refractivity contribution is 7.17. The van der Waals surface area contributed by atoms with Crippen LogP contribution in [-0.2, 0) is 11.3 Å². The molecule has 3 aromatic rings. The lowest BCUT2D eigenvalue weighted by molar-refractivity contribution is 0.0531. The molecule has 0 saturated heterocycles. The highest BCUT2D eigenvalue weighted by atomic mass is 32.1. The number of aromatic nitrogens is 1. The van der Waals surface area contributed by atoms with E-state index < -0.39 is 5.97 Å². The van der Waals surface area contributed by atoms with Crippen molar-refractivity contribution >= 4 is 28.3 Å². The molecule has 0 spiro atoms. The third-order valence-corrected chi connectivity index (χ3v) is 5.02. The molecule has 2 aromatic heterocycles. The maximum atomic E-state index is 13.1. The molecule has 0 saturated carbocycles. The summed E-state index contributed by atoms with van der Waals surface area (Å²) in [4.78, 5) is 31.6. The van der Waals surface area contributed by atoms with E-state index in [1.54, 1.807) is 32.9 Å². The minimum absolute atomic E-state index is 0.231. The Morgan fingerprint density at radius 2 is 1.89 bits per heavy atom. The number of esters is 1. The van der Waals surface area contributed by atoms with Crippen LogP contribution in [0.3, 0.4) is 0 Å². The second kappa shape index (κ2) is 8.18. The van der Waals surface area contributed by atoms with Gasteiger partial charge in [0.2, 0.25) is 0 Å². The van der Waals surface area contributed by atoms with Gasteiger partial charge in [-0.2, -0.15) is 0 Å². The number of benzene rings is 1. The second-order valence-corrected chi connectivity index (χ2v) is 6.90. The summed E-state index contributed by atoms with van der Waals surface area (Å²) < 4.78 is 10.6. The molecule has 0 aliphatic heterocycles. The molecule has 1 amide bonds. The van der Waals surface area contributed by atoms with E-state index in [-0.39, 0.29) is 18.3 Å². The second-order valence-electron chi connectivity index (χ2n) is 5.92. The van der Waals surface area contributed by atoms with Gasteiger partial charge >= 0.3 is 5.97 Å². The largest absolute Gasteiger partial charge is 0.462 e. The van der Waals surface area contributed by atoms with Crippen LogP contribution in [0.4, 0.5) is 5.13 Å². The molecule has 0 bridgehead atoms. The molecule has 0 aliphatic rings. The maximum Gasteiger partial charge on any atom is 0.350 e. The molecule has 0 radical (unpaired) electrons. The van der Waals surface area contributed by atoms with Gasteiger partial charge in [0.1, 0.15) is 10.6 Å². The van der Waals surface area contributed by atoms with E-state index in [0.29, 0.717) is 28.0 Å². The molecule has 6 nitrogen and oxygen atoms in total. The molecular formula is C20H20N2O4S. The minimum atomic E-state index is -0.431. The molecule has 0 atom stereocenters. The van der Waals surface area contributed by atoms with Gasteiger partial charge in [-0.05, 0) is 38.5 Å². The predicted octanol–water partition coefficient (Wildman–Crippen LogP) is 4.38. The fourth-order valence-electron chi connectivity index (χ4n) is 2.56. The first-order chi connectivity index (χ1) is 13.0. The molecule has 1 aromatic carbocycles. The van der Waals surface area contributed by atoms with Crippen molar-refractivity contribution in [3.05, 3.63) is 70.1 Å². The Hall–Kier alpha value is -2.93. The van der Waals surface area contributed by atoms with E-state index in [0.717, 1.165) is 16.9 Å². The van der Waals surface area contributed by atoms with Crippen LogP contribution >= 0.6 is 11.3 Å². The van der Waals surface area contributed by atoms with E-state index in [4.69, 9.17) is 9.15 Å². The first-order valence-electron chi connectivity index (χ1n) is 8.56. The third-order valence-electron chi connectivity index (χ3n) is 3.86.